The van der Waals surface area contributed by atoms with Crippen LogP contribution in [0.3, 0.4) is 0 Å². The van der Waals surface area contributed by atoms with Crippen LogP contribution in [0.15, 0.2) is 42.5 Å². The van der Waals surface area contributed by atoms with Gasteiger partial charge in [-0.25, -0.2) is 0 Å². The molecule has 3 rings (SSSR count). The second-order valence-electron chi connectivity index (χ2n) is 6.83. The molecule has 0 saturated carbocycles. The quantitative estimate of drug-likeness (QED) is 0.537. The largest absolute Gasteiger partial charge is 0.363 e. The molecular formula is C20H22ClN5O4. The first-order valence-corrected chi connectivity index (χ1v) is 9.79. The van der Waals surface area contributed by atoms with E-state index in [9.17, 15) is 19.7 Å². The van der Waals surface area contributed by atoms with E-state index in [1.54, 1.807) is 43.4 Å². The Morgan fingerprint density at radius 2 is 1.77 bits per heavy atom. The molecule has 1 aliphatic heterocycles. The second kappa shape index (κ2) is 9.55. The summed E-state index contributed by atoms with van der Waals surface area (Å²) in [6.45, 7) is 2.49. The smallest absolute Gasteiger partial charge is 0.305 e. The van der Waals surface area contributed by atoms with Gasteiger partial charge in [-0.05, 0) is 36.4 Å². The topological polar surface area (TPSA) is 108 Å². The van der Waals surface area contributed by atoms with E-state index in [1.807, 2.05) is 9.80 Å². The number of anilines is 2. The van der Waals surface area contributed by atoms with Crippen LogP contribution in [-0.2, 0) is 4.79 Å². The summed E-state index contributed by atoms with van der Waals surface area (Å²) in [5.74, 6) is -0.639. The number of piperazine rings is 1. The number of para-hydroxylation sites is 1. The zero-order chi connectivity index (χ0) is 21.7. The summed E-state index contributed by atoms with van der Waals surface area (Å²) in [5.41, 5.74) is 0.638. The molecule has 0 unspecified atom stereocenters. The number of nitro groups is 1. The van der Waals surface area contributed by atoms with Crippen LogP contribution in [0.4, 0.5) is 17.1 Å². The van der Waals surface area contributed by atoms with Gasteiger partial charge in [0.25, 0.3) is 5.91 Å². The van der Waals surface area contributed by atoms with E-state index in [4.69, 9.17) is 11.6 Å². The molecule has 1 heterocycles. The zero-order valence-electron chi connectivity index (χ0n) is 16.4. The fraction of sp³-hybridized carbons (Fsp3) is 0.300. The van der Waals surface area contributed by atoms with E-state index < -0.39 is 10.8 Å². The molecule has 2 amide bonds. The Morgan fingerprint density at radius 3 is 2.37 bits per heavy atom. The predicted molar refractivity (Wildman–Crippen MR) is 115 cm³/mol. The van der Waals surface area contributed by atoms with Crippen molar-refractivity contribution in [2.24, 2.45) is 0 Å². The van der Waals surface area contributed by atoms with Gasteiger partial charge in [0.1, 0.15) is 11.3 Å². The fourth-order valence-electron chi connectivity index (χ4n) is 3.32. The van der Waals surface area contributed by atoms with Crippen LogP contribution in [0.25, 0.3) is 0 Å². The van der Waals surface area contributed by atoms with Crippen LogP contribution in [0.5, 0.6) is 0 Å². The minimum absolute atomic E-state index is 0.0137. The predicted octanol–water partition coefficient (Wildman–Crippen LogP) is 2.37. The van der Waals surface area contributed by atoms with Gasteiger partial charge in [-0.15, -0.1) is 0 Å². The number of hydrogen-bond acceptors (Lipinski definition) is 6. The van der Waals surface area contributed by atoms with Gasteiger partial charge in [-0.3, -0.25) is 24.6 Å². The first-order chi connectivity index (χ1) is 14.4. The summed E-state index contributed by atoms with van der Waals surface area (Å²) in [4.78, 5) is 39.5. The maximum atomic E-state index is 12.7. The van der Waals surface area contributed by atoms with Crippen molar-refractivity contribution in [2.45, 2.75) is 0 Å². The maximum absolute atomic E-state index is 12.7. The molecule has 0 aliphatic carbocycles. The van der Waals surface area contributed by atoms with Crippen molar-refractivity contribution in [1.82, 2.24) is 10.2 Å². The fourth-order valence-corrected chi connectivity index (χ4v) is 3.45. The van der Waals surface area contributed by atoms with Crippen LogP contribution in [0.1, 0.15) is 10.4 Å². The monoisotopic (exact) mass is 431 g/mol. The third-order valence-corrected chi connectivity index (χ3v) is 5.16. The number of hydrogen-bond donors (Lipinski definition) is 2. The number of nitrogens with zero attached hydrogens (tertiary/aromatic N) is 3. The van der Waals surface area contributed by atoms with Gasteiger partial charge in [0.2, 0.25) is 5.91 Å². The molecule has 0 bridgehead atoms. The van der Waals surface area contributed by atoms with Crippen LogP contribution < -0.4 is 15.5 Å². The number of amides is 2. The molecule has 1 aliphatic rings. The van der Waals surface area contributed by atoms with E-state index in [1.165, 1.54) is 6.07 Å². The van der Waals surface area contributed by atoms with Crippen molar-refractivity contribution in [1.29, 1.82) is 0 Å². The summed E-state index contributed by atoms with van der Waals surface area (Å²) in [6.07, 6.45) is 0. The molecule has 0 atom stereocenters. The van der Waals surface area contributed by atoms with Crippen LogP contribution in [0, 0.1) is 10.1 Å². The summed E-state index contributed by atoms with van der Waals surface area (Å²) in [6, 6.07) is 11.2. The molecule has 30 heavy (non-hydrogen) atoms. The standard InChI is InChI=1S/C20H22ClN5O4/c1-22-18(27)13-24-9-11-25(12-10-24)17-4-2-3-16(19(17)26(29)30)20(28)23-15-7-5-14(21)6-8-15/h2-8H,9-13H2,1H3,(H,22,27)(H,23,28). The number of carbonyl (C=O) groups excluding carboxylic acids is 2. The summed E-state index contributed by atoms with van der Waals surface area (Å²) in [7, 11) is 1.59. The third kappa shape index (κ3) is 5.05. The van der Waals surface area contributed by atoms with E-state index in [-0.39, 0.29) is 23.7 Å². The van der Waals surface area contributed by atoms with Crippen molar-refractivity contribution >= 4 is 40.5 Å². The van der Waals surface area contributed by atoms with Crippen molar-refractivity contribution in [2.75, 3.05) is 50.0 Å². The highest BCUT2D eigenvalue weighted by Crippen LogP contribution is 2.33. The van der Waals surface area contributed by atoms with Gasteiger partial charge in [0.15, 0.2) is 0 Å². The number of likely N-dealkylation sites (N-methyl/N-ethyl adjacent to an activating group) is 1. The highest BCUT2D eigenvalue weighted by atomic mass is 35.5. The number of nitrogens with one attached hydrogen (secondary N) is 2. The SMILES string of the molecule is CNC(=O)CN1CCN(c2cccc(C(=O)Nc3ccc(Cl)cc3)c2[N+](=O)[O-])CC1. The van der Waals surface area contributed by atoms with Gasteiger partial charge >= 0.3 is 5.69 Å². The molecule has 0 aromatic heterocycles. The lowest BCUT2D eigenvalue weighted by molar-refractivity contribution is -0.384. The van der Waals surface area contributed by atoms with Crippen molar-refractivity contribution in [3.63, 3.8) is 0 Å². The summed E-state index contributed by atoms with van der Waals surface area (Å²) < 4.78 is 0. The lowest BCUT2D eigenvalue weighted by atomic mass is 10.1. The number of benzene rings is 2. The molecule has 9 nitrogen and oxygen atoms in total. The molecule has 1 saturated heterocycles. The Bertz CT molecular complexity index is 943. The summed E-state index contributed by atoms with van der Waals surface area (Å²) >= 11 is 5.85. The molecule has 0 radical (unpaired) electrons. The van der Waals surface area contributed by atoms with E-state index in [0.717, 1.165) is 0 Å². The molecule has 2 N–H and O–H groups in total. The maximum Gasteiger partial charge on any atom is 0.305 e. The van der Waals surface area contributed by atoms with Gasteiger partial charge in [0.05, 0.1) is 11.5 Å². The molecule has 0 spiro atoms. The normalized spacial score (nSPS) is 14.3. The minimum Gasteiger partial charge on any atom is -0.363 e. The number of rotatable bonds is 6. The highest BCUT2D eigenvalue weighted by molar-refractivity contribution is 6.30. The number of carbonyl (C=O) groups is 2. The lowest BCUT2D eigenvalue weighted by Gasteiger charge is -2.35. The molecular weight excluding hydrogens is 410 g/mol. The Labute approximate surface area is 178 Å². The Kier molecular flexibility index (Phi) is 6.86. The molecule has 2 aromatic rings. The third-order valence-electron chi connectivity index (χ3n) is 4.90. The van der Waals surface area contributed by atoms with E-state index in [0.29, 0.717) is 42.6 Å². The molecule has 158 valence electrons. The first-order valence-electron chi connectivity index (χ1n) is 9.41. The summed E-state index contributed by atoms with van der Waals surface area (Å²) in [5, 5.41) is 17.6. The van der Waals surface area contributed by atoms with Crippen molar-refractivity contribution in [3.8, 4) is 0 Å². The average Bonchev–Trinajstić information content (AvgIpc) is 2.75. The van der Waals surface area contributed by atoms with Crippen LogP contribution in [-0.4, -0.2) is 61.4 Å². The molecule has 2 aromatic carbocycles. The number of halogens is 1. The van der Waals surface area contributed by atoms with Gasteiger partial charge < -0.3 is 15.5 Å². The molecule has 1 fully saturated rings. The Morgan fingerprint density at radius 1 is 1.10 bits per heavy atom. The highest BCUT2D eigenvalue weighted by Gasteiger charge is 2.29. The Balaban J connectivity index is 1.80. The van der Waals surface area contributed by atoms with Gasteiger partial charge in [-0.2, -0.15) is 0 Å². The average molecular weight is 432 g/mol. The van der Waals surface area contributed by atoms with E-state index >= 15 is 0 Å². The van der Waals surface area contributed by atoms with Crippen molar-refractivity contribution < 1.29 is 14.5 Å². The lowest BCUT2D eigenvalue weighted by Crippen LogP contribution is -2.49. The molecule has 10 heteroatoms. The second-order valence-corrected chi connectivity index (χ2v) is 7.26. The van der Waals surface area contributed by atoms with Crippen molar-refractivity contribution in [3.05, 3.63) is 63.2 Å². The van der Waals surface area contributed by atoms with Crippen LogP contribution >= 0.6 is 11.6 Å². The van der Waals surface area contributed by atoms with Crippen LogP contribution in [0.2, 0.25) is 5.02 Å². The first kappa shape index (κ1) is 21.5. The Hall–Kier alpha value is -3.17. The van der Waals surface area contributed by atoms with E-state index in [2.05, 4.69) is 10.6 Å². The van der Waals surface area contributed by atoms with Gasteiger partial charge in [0, 0.05) is 43.9 Å². The minimum atomic E-state index is -0.566. The number of nitro benzene ring substituents is 1. The zero-order valence-corrected chi connectivity index (χ0v) is 17.2. The van der Waals surface area contributed by atoms with Gasteiger partial charge in [-0.1, -0.05) is 17.7 Å².